The number of nitrogens with one attached hydrogen (secondary N) is 2. The molecule has 38 heavy (non-hydrogen) atoms. The van der Waals surface area contributed by atoms with Crippen LogP contribution in [0.1, 0.15) is 62.4 Å². The quantitative estimate of drug-likeness (QED) is 0.431. The lowest BCUT2D eigenvalue weighted by Gasteiger charge is -2.36. The van der Waals surface area contributed by atoms with Crippen molar-refractivity contribution in [1.29, 1.82) is 0 Å². The van der Waals surface area contributed by atoms with Gasteiger partial charge in [-0.15, -0.1) is 0 Å². The van der Waals surface area contributed by atoms with Gasteiger partial charge in [0.2, 0.25) is 5.91 Å². The Morgan fingerprint density at radius 1 is 1.08 bits per heavy atom. The van der Waals surface area contributed by atoms with E-state index in [1.54, 1.807) is 32.9 Å². The normalized spacial score (nSPS) is 18.2. The van der Waals surface area contributed by atoms with E-state index in [4.69, 9.17) is 16.3 Å². The summed E-state index contributed by atoms with van der Waals surface area (Å²) in [5.41, 5.74) is 2.84. The lowest BCUT2D eigenvalue weighted by Crippen LogP contribution is -2.55. The zero-order valence-corrected chi connectivity index (χ0v) is 23.8. The Kier molecular flexibility index (Phi) is 9.10. The molecule has 0 aromatic heterocycles. The largest absolute Gasteiger partial charge is 0.444 e. The lowest BCUT2D eigenvalue weighted by molar-refractivity contribution is -0.142. The molecular weight excluding hydrogens is 506 g/mol. The highest BCUT2D eigenvalue weighted by molar-refractivity contribution is 6.34. The Morgan fingerprint density at radius 3 is 2.13 bits per heavy atom. The topological polar surface area (TPSA) is 108 Å². The maximum atomic E-state index is 14.1. The van der Waals surface area contributed by atoms with Gasteiger partial charge in [-0.2, -0.15) is 0 Å². The summed E-state index contributed by atoms with van der Waals surface area (Å²) in [6.07, 6.45) is -0.135. The molecule has 4 unspecified atom stereocenters. The van der Waals surface area contributed by atoms with E-state index in [0.717, 1.165) is 16.7 Å². The molecule has 3 N–H and O–H groups in total. The van der Waals surface area contributed by atoms with Gasteiger partial charge < -0.3 is 25.4 Å². The number of anilines is 1. The van der Waals surface area contributed by atoms with Crippen LogP contribution in [0.4, 0.5) is 10.5 Å². The molecule has 0 heterocycles. The standard InChI is InChI=1S/C29H38ClN3O5/c1-16-10-8-11-17(2)23(16)25(26(35)32-24-18(3)12-9-13-20(24)30)33(22-14-19(22)4)27(36)21(15-34)31-28(37)38-29(5,6)7/h8-13,19,21-22,25,34H,14-15H2,1-7H3,(H,31,37)(H,32,35). The van der Waals surface area contributed by atoms with Crippen LogP contribution < -0.4 is 10.6 Å². The summed E-state index contributed by atoms with van der Waals surface area (Å²) in [5, 5.41) is 16.0. The molecule has 1 saturated carbocycles. The number of aryl methyl sites for hydroxylation is 3. The van der Waals surface area contributed by atoms with Gasteiger partial charge in [-0.1, -0.05) is 48.9 Å². The van der Waals surface area contributed by atoms with Gasteiger partial charge in [0.05, 0.1) is 17.3 Å². The summed E-state index contributed by atoms with van der Waals surface area (Å²) in [4.78, 5) is 42.1. The number of aliphatic hydroxyl groups excluding tert-OH is 1. The van der Waals surface area contributed by atoms with Crippen LogP contribution in [0, 0.1) is 26.7 Å². The van der Waals surface area contributed by atoms with Crippen LogP contribution >= 0.6 is 11.6 Å². The van der Waals surface area contributed by atoms with Crippen molar-refractivity contribution in [3.63, 3.8) is 0 Å². The van der Waals surface area contributed by atoms with Gasteiger partial charge >= 0.3 is 6.09 Å². The van der Waals surface area contributed by atoms with E-state index in [9.17, 15) is 19.5 Å². The number of hydrogen-bond acceptors (Lipinski definition) is 5. The highest BCUT2D eigenvalue weighted by Crippen LogP contribution is 2.42. The van der Waals surface area contributed by atoms with Gasteiger partial charge in [0.15, 0.2) is 0 Å². The fourth-order valence-electron chi connectivity index (χ4n) is 4.62. The number of rotatable bonds is 8. The summed E-state index contributed by atoms with van der Waals surface area (Å²) >= 11 is 6.42. The van der Waals surface area contributed by atoms with Gasteiger partial charge in [0.1, 0.15) is 17.7 Å². The minimum absolute atomic E-state index is 0.140. The lowest BCUT2D eigenvalue weighted by atomic mass is 9.93. The van der Waals surface area contributed by atoms with Crippen molar-refractivity contribution in [1.82, 2.24) is 10.2 Å². The Balaban J connectivity index is 2.07. The van der Waals surface area contributed by atoms with Crippen molar-refractivity contribution in [3.05, 3.63) is 63.7 Å². The molecule has 206 valence electrons. The molecule has 2 aromatic carbocycles. The Morgan fingerprint density at radius 2 is 1.63 bits per heavy atom. The van der Waals surface area contributed by atoms with E-state index >= 15 is 0 Å². The number of amides is 3. The molecule has 3 rings (SSSR count). The summed E-state index contributed by atoms with van der Waals surface area (Å²) in [6, 6.07) is 8.45. The fraction of sp³-hybridized carbons (Fsp3) is 0.483. The second-order valence-corrected chi connectivity index (χ2v) is 11.4. The molecule has 1 aliphatic carbocycles. The molecule has 0 radical (unpaired) electrons. The zero-order valence-electron chi connectivity index (χ0n) is 23.1. The van der Waals surface area contributed by atoms with Crippen LogP contribution in [0.2, 0.25) is 5.02 Å². The summed E-state index contributed by atoms with van der Waals surface area (Å²) in [7, 11) is 0. The first-order valence-electron chi connectivity index (χ1n) is 12.8. The monoisotopic (exact) mass is 543 g/mol. The highest BCUT2D eigenvalue weighted by Gasteiger charge is 2.48. The van der Waals surface area contributed by atoms with Gasteiger partial charge in [0.25, 0.3) is 5.91 Å². The van der Waals surface area contributed by atoms with Gasteiger partial charge in [-0.3, -0.25) is 9.59 Å². The second-order valence-electron chi connectivity index (χ2n) is 11.0. The first-order valence-corrected chi connectivity index (χ1v) is 13.2. The number of alkyl carbamates (subject to hydrolysis) is 1. The number of benzene rings is 2. The molecule has 1 aliphatic rings. The molecule has 1 fully saturated rings. The van der Waals surface area contributed by atoms with Gasteiger partial charge in [-0.25, -0.2) is 4.79 Å². The van der Waals surface area contributed by atoms with Crippen LogP contribution in [0.3, 0.4) is 0 Å². The highest BCUT2D eigenvalue weighted by atomic mass is 35.5. The molecule has 0 spiro atoms. The number of halogens is 1. The first kappa shape index (κ1) is 29.5. The van der Waals surface area contributed by atoms with Crippen molar-refractivity contribution in [2.24, 2.45) is 5.92 Å². The third kappa shape index (κ3) is 6.85. The van der Waals surface area contributed by atoms with Crippen LogP contribution in [0.5, 0.6) is 0 Å². The molecule has 0 saturated heterocycles. The zero-order chi connectivity index (χ0) is 28.4. The van der Waals surface area contributed by atoms with E-state index in [1.807, 2.05) is 52.0 Å². The Labute approximate surface area is 229 Å². The van der Waals surface area contributed by atoms with Crippen molar-refractivity contribution in [2.75, 3.05) is 11.9 Å². The SMILES string of the molecule is Cc1cccc(Cl)c1NC(=O)C(c1c(C)cccc1C)N(C(=O)C(CO)NC(=O)OC(C)(C)C)C1CC1C. The van der Waals surface area contributed by atoms with E-state index < -0.39 is 42.2 Å². The smallest absolute Gasteiger partial charge is 0.408 e. The fourth-order valence-corrected chi connectivity index (χ4v) is 4.89. The second kappa shape index (κ2) is 11.7. The van der Waals surface area contributed by atoms with Crippen molar-refractivity contribution < 1.29 is 24.2 Å². The summed E-state index contributed by atoms with van der Waals surface area (Å²) in [5.74, 6) is -0.854. The molecule has 0 aliphatic heterocycles. The summed E-state index contributed by atoms with van der Waals surface area (Å²) in [6.45, 7) is 12.1. The maximum Gasteiger partial charge on any atom is 0.408 e. The van der Waals surface area contributed by atoms with E-state index in [-0.39, 0.29) is 12.0 Å². The molecule has 2 aromatic rings. The molecule has 0 bridgehead atoms. The molecule has 4 atom stereocenters. The molecule has 9 heteroatoms. The first-order chi connectivity index (χ1) is 17.7. The maximum absolute atomic E-state index is 14.1. The Bertz CT molecular complexity index is 1170. The number of aliphatic hydroxyl groups is 1. The molecular formula is C29H38ClN3O5. The average molecular weight is 544 g/mol. The number of para-hydroxylation sites is 1. The molecule has 8 nitrogen and oxygen atoms in total. The van der Waals surface area contributed by atoms with Crippen LogP contribution in [0.15, 0.2) is 36.4 Å². The third-order valence-corrected chi connectivity index (χ3v) is 6.98. The Hall–Kier alpha value is -3.10. The number of carbonyl (C=O) groups excluding carboxylic acids is 3. The van der Waals surface area contributed by atoms with Crippen LogP contribution in [-0.4, -0.2) is 52.2 Å². The minimum atomic E-state index is -1.29. The number of carbonyl (C=O) groups is 3. The minimum Gasteiger partial charge on any atom is -0.444 e. The van der Waals surface area contributed by atoms with Gasteiger partial charge in [0, 0.05) is 6.04 Å². The third-order valence-electron chi connectivity index (χ3n) is 6.66. The van der Waals surface area contributed by atoms with Crippen LogP contribution in [0.25, 0.3) is 0 Å². The van der Waals surface area contributed by atoms with E-state index in [1.165, 1.54) is 4.90 Å². The number of hydrogen-bond donors (Lipinski definition) is 3. The number of ether oxygens (including phenoxy) is 1. The van der Waals surface area contributed by atoms with Crippen molar-refractivity contribution in [2.45, 2.75) is 78.6 Å². The van der Waals surface area contributed by atoms with Crippen molar-refractivity contribution in [3.8, 4) is 0 Å². The van der Waals surface area contributed by atoms with E-state index in [2.05, 4.69) is 10.6 Å². The molecule has 3 amide bonds. The van der Waals surface area contributed by atoms with Crippen molar-refractivity contribution >= 4 is 35.2 Å². The van der Waals surface area contributed by atoms with E-state index in [0.29, 0.717) is 22.7 Å². The number of nitrogens with zero attached hydrogens (tertiary/aromatic N) is 1. The van der Waals surface area contributed by atoms with Gasteiger partial charge in [-0.05, 0) is 82.2 Å². The average Bonchev–Trinajstić information content (AvgIpc) is 3.53. The summed E-state index contributed by atoms with van der Waals surface area (Å²) < 4.78 is 5.31. The predicted molar refractivity (Wildman–Crippen MR) is 148 cm³/mol. The van der Waals surface area contributed by atoms with Crippen LogP contribution in [-0.2, 0) is 14.3 Å². The predicted octanol–water partition coefficient (Wildman–Crippen LogP) is 5.07.